The van der Waals surface area contributed by atoms with Crippen LogP contribution in [0.5, 0.6) is 5.75 Å². The SMILES string of the molecule is Oc1cc(F)c(C=CCCl)c(F)c1. The van der Waals surface area contributed by atoms with Crippen molar-refractivity contribution in [2.75, 3.05) is 5.88 Å². The molecule has 0 aromatic heterocycles. The number of allylic oxidation sites excluding steroid dienone is 1. The Kier molecular flexibility index (Phi) is 3.25. The average Bonchev–Trinajstić information content (AvgIpc) is 2.02. The molecule has 0 spiro atoms. The summed E-state index contributed by atoms with van der Waals surface area (Å²) in [6.45, 7) is 0. The van der Waals surface area contributed by atoms with E-state index in [1.54, 1.807) is 0 Å². The summed E-state index contributed by atoms with van der Waals surface area (Å²) in [6.07, 6.45) is 2.65. The summed E-state index contributed by atoms with van der Waals surface area (Å²) in [5.74, 6) is -1.87. The molecule has 1 aromatic carbocycles. The van der Waals surface area contributed by atoms with Crippen LogP contribution in [-0.2, 0) is 0 Å². The molecule has 70 valence electrons. The Bertz CT molecular complexity index is 313. The fourth-order valence-corrected chi connectivity index (χ4v) is 0.982. The largest absolute Gasteiger partial charge is 0.508 e. The van der Waals surface area contributed by atoms with E-state index in [0.717, 1.165) is 12.1 Å². The first-order valence-electron chi connectivity index (χ1n) is 3.55. The summed E-state index contributed by atoms with van der Waals surface area (Å²) < 4.78 is 25.9. The molecule has 0 heterocycles. The lowest BCUT2D eigenvalue weighted by Crippen LogP contribution is -1.88. The van der Waals surface area contributed by atoms with E-state index in [9.17, 15) is 8.78 Å². The molecule has 1 nitrogen and oxygen atoms in total. The van der Waals surface area contributed by atoms with Gasteiger partial charge >= 0.3 is 0 Å². The van der Waals surface area contributed by atoms with E-state index in [2.05, 4.69) is 0 Å². The zero-order valence-corrected chi connectivity index (χ0v) is 7.35. The minimum absolute atomic E-state index is 0.180. The molecule has 0 aliphatic carbocycles. The van der Waals surface area contributed by atoms with Crippen molar-refractivity contribution in [1.29, 1.82) is 0 Å². The van der Waals surface area contributed by atoms with E-state index >= 15 is 0 Å². The van der Waals surface area contributed by atoms with Crippen LogP contribution >= 0.6 is 11.6 Å². The molecule has 0 saturated carbocycles. The maximum Gasteiger partial charge on any atom is 0.137 e. The van der Waals surface area contributed by atoms with Gasteiger partial charge in [0.15, 0.2) is 0 Å². The summed E-state index contributed by atoms with van der Waals surface area (Å²) >= 11 is 5.31. The average molecular weight is 205 g/mol. The summed E-state index contributed by atoms with van der Waals surface area (Å²) in [7, 11) is 0. The Balaban J connectivity index is 3.13. The summed E-state index contributed by atoms with van der Waals surface area (Å²) in [5.41, 5.74) is -0.196. The van der Waals surface area contributed by atoms with Gasteiger partial charge in [-0.05, 0) is 0 Å². The highest BCUT2D eigenvalue weighted by molar-refractivity contribution is 6.19. The third-order valence-corrected chi connectivity index (χ3v) is 1.62. The minimum atomic E-state index is -0.807. The maximum absolute atomic E-state index is 12.9. The standard InChI is InChI=1S/C9H7ClF2O/c10-3-1-2-7-8(11)4-6(13)5-9(7)12/h1-2,4-5,13H,3H2. The Morgan fingerprint density at radius 1 is 1.31 bits per heavy atom. The maximum atomic E-state index is 12.9. The van der Waals surface area contributed by atoms with Gasteiger partial charge in [0.2, 0.25) is 0 Å². The second-order valence-electron chi connectivity index (χ2n) is 2.38. The topological polar surface area (TPSA) is 20.2 Å². The van der Waals surface area contributed by atoms with Crippen molar-refractivity contribution in [1.82, 2.24) is 0 Å². The van der Waals surface area contributed by atoms with Crippen LogP contribution in [0.2, 0.25) is 0 Å². The molecule has 0 atom stereocenters. The highest BCUT2D eigenvalue weighted by Gasteiger charge is 2.07. The molecule has 0 bridgehead atoms. The van der Waals surface area contributed by atoms with Crippen molar-refractivity contribution >= 4 is 17.7 Å². The first-order chi connectivity index (χ1) is 6.15. The predicted octanol–water partition coefficient (Wildman–Crippen LogP) is 2.92. The molecule has 1 aromatic rings. The van der Waals surface area contributed by atoms with Crippen LogP contribution in [0.4, 0.5) is 8.78 Å². The monoisotopic (exact) mass is 204 g/mol. The number of rotatable bonds is 2. The van der Waals surface area contributed by atoms with Crippen LogP contribution in [0, 0.1) is 11.6 Å². The Morgan fingerprint density at radius 2 is 1.85 bits per heavy atom. The minimum Gasteiger partial charge on any atom is -0.508 e. The van der Waals surface area contributed by atoms with E-state index in [4.69, 9.17) is 16.7 Å². The lowest BCUT2D eigenvalue weighted by atomic mass is 10.2. The molecule has 0 fully saturated rings. The van der Waals surface area contributed by atoms with Crippen molar-refractivity contribution in [3.8, 4) is 5.75 Å². The van der Waals surface area contributed by atoms with E-state index in [1.165, 1.54) is 12.2 Å². The van der Waals surface area contributed by atoms with Gasteiger partial charge in [-0.2, -0.15) is 0 Å². The number of halogens is 3. The van der Waals surface area contributed by atoms with E-state index in [1.807, 2.05) is 0 Å². The van der Waals surface area contributed by atoms with E-state index < -0.39 is 17.4 Å². The fraction of sp³-hybridized carbons (Fsp3) is 0.111. The van der Waals surface area contributed by atoms with Crippen molar-refractivity contribution in [3.05, 3.63) is 35.4 Å². The smallest absolute Gasteiger partial charge is 0.137 e. The molecule has 0 saturated heterocycles. The first kappa shape index (κ1) is 9.99. The Morgan fingerprint density at radius 3 is 2.31 bits per heavy atom. The second-order valence-corrected chi connectivity index (χ2v) is 2.69. The molecular formula is C9H7ClF2O. The van der Waals surface area contributed by atoms with Crippen molar-refractivity contribution < 1.29 is 13.9 Å². The van der Waals surface area contributed by atoms with Crippen molar-refractivity contribution in [2.45, 2.75) is 0 Å². The van der Waals surface area contributed by atoms with E-state index in [-0.39, 0.29) is 11.4 Å². The highest BCUT2D eigenvalue weighted by Crippen LogP contribution is 2.20. The molecular weight excluding hydrogens is 198 g/mol. The van der Waals surface area contributed by atoms with Gasteiger partial charge in [0, 0.05) is 23.6 Å². The molecule has 13 heavy (non-hydrogen) atoms. The second kappa shape index (κ2) is 4.23. The molecule has 0 unspecified atom stereocenters. The number of hydrogen-bond acceptors (Lipinski definition) is 1. The predicted molar refractivity (Wildman–Crippen MR) is 47.8 cm³/mol. The third kappa shape index (κ3) is 2.42. The third-order valence-electron chi connectivity index (χ3n) is 1.44. The molecule has 4 heteroatoms. The number of hydrogen-bond donors (Lipinski definition) is 1. The summed E-state index contributed by atoms with van der Waals surface area (Å²) in [6, 6.07) is 1.69. The zero-order valence-electron chi connectivity index (χ0n) is 6.60. The molecule has 0 aliphatic heterocycles. The van der Waals surface area contributed by atoms with Crippen LogP contribution in [0.15, 0.2) is 18.2 Å². The number of phenols is 1. The Labute approximate surface area is 79.3 Å². The van der Waals surface area contributed by atoms with Gasteiger partial charge in [-0.3, -0.25) is 0 Å². The van der Waals surface area contributed by atoms with E-state index in [0.29, 0.717) is 0 Å². The van der Waals surface area contributed by atoms with Gasteiger partial charge in [0.05, 0.1) is 0 Å². The van der Waals surface area contributed by atoms with Crippen molar-refractivity contribution in [2.24, 2.45) is 0 Å². The van der Waals surface area contributed by atoms with Crippen LogP contribution in [0.25, 0.3) is 6.08 Å². The van der Waals surface area contributed by atoms with Crippen LogP contribution in [0.3, 0.4) is 0 Å². The lowest BCUT2D eigenvalue weighted by molar-refractivity contribution is 0.460. The van der Waals surface area contributed by atoms with Gasteiger partial charge < -0.3 is 5.11 Å². The quantitative estimate of drug-likeness (QED) is 0.735. The Hall–Kier alpha value is -1.09. The lowest BCUT2D eigenvalue weighted by Gasteiger charge is -1.99. The number of aromatic hydroxyl groups is 1. The number of alkyl halides is 1. The fourth-order valence-electron chi connectivity index (χ4n) is 0.893. The molecule has 1 rings (SSSR count). The van der Waals surface area contributed by atoms with Crippen LogP contribution < -0.4 is 0 Å². The normalized spacial score (nSPS) is 11.0. The van der Waals surface area contributed by atoms with Gasteiger partial charge in [0.1, 0.15) is 17.4 Å². The van der Waals surface area contributed by atoms with Gasteiger partial charge in [0.25, 0.3) is 0 Å². The summed E-state index contributed by atoms with van der Waals surface area (Å²) in [4.78, 5) is 0. The first-order valence-corrected chi connectivity index (χ1v) is 4.09. The van der Waals surface area contributed by atoms with Gasteiger partial charge in [-0.25, -0.2) is 8.78 Å². The van der Waals surface area contributed by atoms with Crippen molar-refractivity contribution in [3.63, 3.8) is 0 Å². The highest BCUT2D eigenvalue weighted by atomic mass is 35.5. The van der Waals surface area contributed by atoms with Crippen LogP contribution in [0.1, 0.15) is 5.56 Å². The van der Waals surface area contributed by atoms with Gasteiger partial charge in [-0.1, -0.05) is 12.2 Å². The number of benzene rings is 1. The molecule has 0 aliphatic rings. The molecule has 1 N–H and O–H groups in total. The molecule has 0 radical (unpaired) electrons. The molecule has 0 amide bonds. The number of phenolic OH excluding ortho intramolecular Hbond substituents is 1. The zero-order chi connectivity index (χ0) is 9.84. The van der Waals surface area contributed by atoms with Gasteiger partial charge in [-0.15, -0.1) is 11.6 Å². The van der Waals surface area contributed by atoms with Crippen LogP contribution in [-0.4, -0.2) is 11.0 Å². The summed E-state index contributed by atoms with van der Waals surface area (Å²) in [5, 5.41) is 8.81.